The molecule has 3 nitrogen and oxygen atoms in total. The van der Waals surface area contributed by atoms with Crippen molar-refractivity contribution in [2.24, 2.45) is 0 Å². The SMILES string of the molecule is CC(CCS(C)=O)n1c(-c2ccccc2)c[nH]c1=S. The average molecular weight is 294 g/mol. The fraction of sp³-hybridized carbons (Fsp3) is 0.357. The molecule has 1 aromatic heterocycles. The van der Waals surface area contributed by atoms with Crippen LogP contribution in [-0.4, -0.2) is 25.8 Å². The zero-order valence-corrected chi connectivity index (χ0v) is 12.8. The molecule has 0 saturated carbocycles. The summed E-state index contributed by atoms with van der Waals surface area (Å²) in [7, 11) is -0.763. The number of hydrogen-bond acceptors (Lipinski definition) is 2. The van der Waals surface area contributed by atoms with Crippen LogP contribution in [0.4, 0.5) is 0 Å². The van der Waals surface area contributed by atoms with E-state index < -0.39 is 10.8 Å². The minimum absolute atomic E-state index is 0.234. The molecular weight excluding hydrogens is 276 g/mol. The van der Waals surface area contributed by atoms with Crippen LogP contribution in [0.5, 0.6) is 0 Å². The Hall–Kier alpha value is -1.20. The van der Waals surface area contributed by atoms with E-state index in [-0.39, 0.29) is 6.04 Å². The molecule has 0 aliphatic rings. The normalized spacial score (nSPS) is 14.2. The maximum Gasteiger partial charge on any atom is 0.177 e. The first-order chi connectivity index (χ1) is 9.09. The number of nitrogens with one attached hydrogen (secondary N) is 1. The first-order valence-electron chi connectivity index (χ1n) is 6.25. The monoisotopic (exact) mass is 294 g/mol. The molecular formula is C14H18N2OS2. The van der Waals surface area contributed by atoms with Crippen LogP contribution in [0, 0.1) is 4.77 Å². The van der Waals surface area contributed by atoms with Gasteiger partial charge in [-0.3, -0.25) is 4.21 Å². The molecule has 102 valence electrons. The Balaban J connectivity index is 2.33. The highest BCUT2D eigenvalue weighted by molar-refractivity contribution is 7.84. The molecule has 2 unspecified atom stereocenters. The Morgan fingerprint density at radius 2 is 2.05 bits per heavy atom. The Morgan fingerprint density at radius 3 is 2.68 bits per heavy atom. The molecule has 0 radical (unpaired) electrons. The van der Waals surface area contributed by atoms with Crippen LogP contribution in [0.1, 0.15) is 19.4 Å². The number of imidazole rings is 1. The van der Waals surface area contributed by atoms with Gasteiger partial charge in [-0.05, 0) is 31.1 Å². The van der Waals surface area contributed by atoms with E-state index in [1.54, 1.807) is 6.26 Å². The van der Waals surface area contributed by atoms with Crippen LogP contribution in [0.2, 0.25) is 0 Å². The van der Waals surface area contributed by atoms with E-state index in [1.165, 1.54) is 0 Å². The van der Waals surface area contributed by atoms with Crippen molar-refractivity contribution in [3.05, 3.63) is 41.3 Å². The summed E-state index contributed by atoms with van der Waals surface area (Å²) in [5.74, 6) is 0.697. The first kappa shape index (κ1) is 14.2. The Morgan fingerprint density at radius 1 is 1.37 bits per heavy atom. The van der Waals surface area contributed by atoms with Crippen molar-refractivity contribution in [2.45, 2.75) is 19.4 Å². The number of hydrogen-bond donors (Lipinski definition) is 1. The standard InChI is InChI=1S/C14H18N2OS2/c1-11(8-9-19(2)17)16-13(10-15-14(16)18)12-6-4-3-5-7-12/h3-7,10-11H,8-9H2,1-2H3,(H,15,18). The fourth-order valence-electron chi connectivity index (χ4n) is 2.11. The predicted molar refractivity (Wildman–Crippen MR) is 83.3 cm³/mol. The van der Waals surface area contributed by atoms with Crippen molar-refractivity contribution in [3.63, 3.8) is 0 Å². The number of aromatic amines is 1. The van der Waals surface area contributed by atoms with Crippen molar-refractivity contribution < 1.29 is 4.21 Å². The van der Waals surface area contributed by atoms with Gasteiger partial charge in [0.1, 0.15) is 0 Å². The number of nitrogens with zero attached hydrogens (tertiary/aromatic N) is 1. The summed E-state index contributed by atoms with van der Waals surface area (Å²) in [6.45, 7) is 2.11. The summed E-state index contributed by atoms with van der Waals surface area (Å²) in [5, 5.41) is 0. The van der Waals surface area contributed by atoms with Gasteiger partial charge in [-0.25, -0.2) is 0 Å². The summed E-state index contributed by atoms with van der Waals surface area (Å²) in [5.41, 5.74) is 2.22. The highest BCUT2D eigenvalue weighted by Gasteiger charge is 2.13. The maximum absolute atomic E-state index is 11.2. The van der Waals surface area contributed by atoms with Gasteiger partial charge in [0, 0.05) is 35.0 Å². The van der Waals surface area contributed by atoms with E-state index >= 15 is 0 Å². The predicted octanol–water partition coefficient (Wildman–Crippen LogP) is 3.54. The van der Waals surface area contributed by atoms with E-state index in [4.69, 9.17) is 12.2 Å². The molecule has 1 N–H and O–H groups in total. The van der Waals surface area contributed by atoms with E-state index in [0.717, 1.165) is 17.7 Å². The Kier molecular flexibility index (Phi) is 4.71. The van der Waals surface area contributed by atoms with Gasteiger partial charge in [0.15, 0.2) is 4.77 Å². The Labute approximate surface area is 121 Å². The second-order valence-electron chi connectivity index (χ2n) is 4.63. The van der Waals surface area contributed by atoms with Gasteiger partial charge in [0.05, 0.1) is 5.69 Å². The Bertz CT molecular complexity index is 616. The third-order valence-electron chi connectivity index (χ3n) is 3.14. The molecule has 2 atom stereocenters. The van der Waals surface area contributed by atoms with Gasteiger partial charge in [-0.15, -0.1) is 0 Å². The topological polar surface area (TPSA) is 37.8 Å². The highest BCUT2D eigenvalue weighted by atomic mass is 32.2. The third kappa shape index (κ3) is 3.42. The lowest BCUT2D eigenvalue weighted by atomic mass is 10.1. The number of rotatable bonds is 5. The molecule has 0 aliphatic carbocycles. The lowest BCUT2D eigenvalue weighted by Gasteiger charge is -2.16. The second kappa shape index (κ2) is 6.30. The molecule has 0 aliphatic heterocycles. The van der Waals surface area contributed by atoms with Crippen LogP contribution in [0.25, 0.3) is 11.3 Å². The second-order valence-corrected chi connectivity index (χ2v) is 6.57. The van der Waals surface area contributed by atoms with Crippen molar-refractivity contribution in [1.29, 1.82) is 0 Å². The molecule has 0 fully saturated rings. The molecule has 0 bridgehead atoms. The van der Waals surface area contributed by atoms with Crippen molar-refractivity contribution >= 4 is 23.0 Å². The van der Waals surface area contributed by atoms with Gasteiger partial charge < -0.3 is 9.55 Å². The quantitative estimate of drug-likeness (QED) is 0.856. The molecule has 2 rings (SSSR count). The number of aromatic nitrogens is 2. The fourth-order valence-corrected chi connectivity index (χ4v) is 3.12. The van der Waals surface area contributed by atoms with Gasteiger partial charge in [0.2, 0.25) is 0 Å². The van der Waals surface area contributed by atoms with Crippen molar-refractivity contribution in [3.8, 4) is 11.3 Å². The molecule has 2 aromatic rings. The summed E-state index contributed by atoms with van der Waals surface area (Å²) >= 11 is 5.36. The molecule has 19 heavy (non-hydrogen) atoms. The molecule has 1 heterocycles. The van der Waals surface area contributed by atoms with E-state index in [9.17, 15) is 4.21 Å². The third-order valence-corrected chi connectivity index (χ3v) is 4.27. The summed E-state index contributed by atoms with van der Waals surface area (Å²) in [6, 6.07) is 10.4. The smallest absolute Gasteiger partial charge is 0.177 e. The number of H-pyrrole nitrogens is 1. The maximum atomic E-state index is 11.2. The zero-order valence-electron chi connectivity index (χ0n) is 11.1. The molecule has 0 amide bonds. The molecule has 0 saturated heterocycles. The lowest BCUT2D eigenvalue weighted by Crippen LogP contribution is -2.10. The minimum Gasteiger partial charge on any atom is -0.337 e. The van der Waals surface area contributed by atoms with Crippen molar-refractivity contribution in [2.75, 3.05) is 12.0 Å². The van der Waals surface area contributed by atoms with Crippen molar-refractivity contribution in [1.82, 2.24) is 9.55 Å². The lowest BCUT2D eigenvalue weighted by molar-refractivity contribution is 0.530. The van der Waals surface area contributed by atoms with Crippen LogP contribution in [0.15, 0.2) is 36.5 Å². The van der Waals surface area contributed by atoms with Gasteiger partial charge in [-0.2, -0.15) is 0 Å². The van der Waals surface area contributed by atoms with Crippen LogP contribution in [0.3, 0.4) is 0 Å². The molecule has 0 spiro atoms. The largest absolute Gasteiger partial charge is 0.337 e. The van der Waals surface area contributed by atoms with Gasteiger partial charge in [-0.1, -0.05) is 30.3 Å². The first-order valence-corrected chi connectivity index (χ1v) is 8.38. The van der Waals surface area contributed by atoms with Gasteiger partial charge >= 0.3 is 0 Å². The zero-order chi connectivity index (χ0) is 13.8. The average Bonchev–Trinajstić information content (AvgIpc) is 2.79. The number of benzene rings is 1. The highest BCUT2D eigenvalue weighted by Crippen LogP contribution is 2.24. The van der Waals surface area contributed by atoms with E-state index in [2.05, 4.69) is 28.6 Å². The summed E-state index contributed by atoms with van der Waals surface area (Å²) in [4.78, 5) is 3.11. The van der Waals surface area contributed by atoms with E-state index in [0.29, 0.717) is 10.5 Å². The summed E-state index contributed by atoms with van der Waals surface area (Å²) in [6.07, 6.45) is 4.54. The molecule has 5 heteroatoms. The van der Waals surface area contributed by atoms with Gasteiger partial charge in [0.25, 0.3) is 0 Å². The summed E-state index contributed by atoms with van der Waals surface area (Å²) < 4.78 is 14.1. The van der Waals surface area contributed by atoms with Crippen LogP contribution < -0.4 is 0 Å². The van der Waals surface area contributed by atoms with E-state index in [1.807, 2.05) is 24.4 Å². The van der Waals surface area contributed by atoms with Crippen LogP contribution in [-0.2, 0) is 10.8 Å². The molecule has 1 aromatic carbocycles. The van der Waals surface area contributed by atoms with Crippen LogP contribution >= 0.6 is 12.2 Å². The minimum atomic E-state index is -0.763.